The zero-order valence-electron chi connectivity index (χ0n) is 14.0. The molecule has 1 unspecified atom stereocenters. The van der Waals surface area contributed by atoms with Crippen molar-refractivity contribution in [2.24, 2.45) is 4.99 Å². The molecule has 1 aromatic carbocycles. The second-order valence-electron chi connectivity index (χ2n) is 5.51. The number of aliphatic imine (C=N–C) groups is 1. The molecule has 124 valence electrons. The van der Waals surface area contributed by atoms with Gasteiger partial charge in [-0.2, -0.15) is 0 Å². The molecule has 0 saturated carbocycles. The van der Waals surface area contributed by atoms with Crippen LogP contribution in [0.2, 0.25) is 5.02 Å². The van der Waals surface area contributed by atoms with Gasteiger partial charge in [0.25, 0.3) is 0 Å². The number of nitrogens with zero attached hydrogens (tertiary/aromatic N) is 1. The third-order valence-corrected chi connectivity index (χ3v) is 4.26. The highest BCUT2D eigenvalue weighted by atomic mass is 35.5. The SMILES string of the molecule is CCNC(=NCC(O)(CC)CC)NC(C)c1ccccc1Cl. The van der Waals surface area contributed by atoms with E-state index < -0.39 is 5.60 Å². The number of aliphatic hydroxyl groups is 1. The lowest BCUT2D eigenvalue weighted by molar-refractivity contribution is 0.0418. The van der Waals surface area contributed by atoms with Crippen molar-refractivity contribution in [3.63, 3.8) is 0 Å². The van der Waals surface area contributed by atoms with Gasteiger partial charge in [-0.3, -0.25) is 4.99 Å². The van der Waals surface area contributed by atoms with Crippen LogP contribution in [0.25, 0.3) is 0 Å². The van der Waals surface area contributed by atoms with Gasteiger partial charge in [-0.05, 0) is 38.3 Å². The van der Waals surface area contributed by atoms with E-state index in [4.69, 9.17) is 11.6 Å². The maximum absolute atomic E-state index is 10.4. The third kappa shape index (κ3) is 5.50. The minimum Gasteiger partial charge on any atom is -0.388 e. The molecule has 0 saturated heterocycles. The van der Waals surface area contributed by atoms with E-state index >= 15 is 0 Å². The highest BCUT2D eigenvalue weighted by Gasteiger charge is 2.22. The van der Waals surface area contributed by atoms with Crippen LogP contribution in [0, 0.1) is 0 Å². The van der Waals surface area contributed by atoms with Crippen LogP contribution in [-0.2, 0) is 0 Å². The number of benzene rings is 1. The average molecular weight is 326 g/mol. The maximum Gasteiger partial charge on any atom is 0.191 e. The quantitative estimate of drug-likeness (QED) is 0.531. The highest BCUT2D eigenvalue weighted by molar-refractivity contribution is 6.31. The Morgan fingerprint density at radius 1 is 1.27 bits per heavy atom. The standard InChI is InChI=1S/C17H28ClN3O/c1-5-17(22,6-2)12-20-16(19-7-3)21-13(4)14-10-8-9-11-15(14)18/h8-11,13,22H,5-7,12H2,1-4H3,(H2,19,20,21). The lowest BCUT2D eigenvalue weighted by atomic mass is 9.98. The van der Waals surface area contributed by atoms with E-state index in [1.807, 2.05) is 52.0 Å². The first kappa shape index (κ1) is 18.8. The molecular weight excluding hydrogens is 298 g/mol. The van der Waals surface area contributed by atoms with Gasteiger partial charge in [0.2, 0.25) is 0 Å². The zero-order valence-corrected chi connectivity index (χ0v) is 14.7. The van der Waals surface area contributed by atoms with Crippen LogP contribution in [-0.4, -0.2) is 29.8 Å². The number of halogens is 1. The lowest BCUT2D eigenvalue weighted by Gasteiger charge is -2.24. The van der Waals surface area contributed by atoms with Crippen molar-refractivity contribution in [3.05, 3.63) is 34.9 Å². The molecule has 0 bridgehead atoms. The fourth-order valence-electron chi connectivity index (χ4n) is 2.13. The predicted octanol–water partition coefficient (Wildman–Crippen LogP) is 3.51. The smallest absolute Gasteiger partial charge is 0.191 e. The van der Waals surface area contributed by atoms with Crippen molar-refractivity contribution in [1.82, 2.24) is 10.6 Å². The summed E-state index contributed by atoms with van der Waals surface area (Å²) in [5.74, 6) is 0.690. The normalized spacial score (nSPS) is 13.8. The van der Waals surface area contributed by atoms with Gasteiger partial charge in [-0.1, -0.05) is 43.6 Å². The summed E-state index contributed by atoms with van der Waals surface area (Å²) in [6.07, 6.45) is 1.37. The fourth-order valence-corrected chi connectivity index (χ4v) is 2.43. The van der Waals surface area contributed by atoms with Crippen LogP contribution in [0.4, 0.5) is 0 Å². The number of guanidine groups is 1. The molecule has 1 atom stereocenters. The largest absolute Gasteiger partial charge is 0.388 e. The summed E-state index contributed by atoms with van der Waals surface area (Å²) in [6.45, 7) is 9.16. The molecule has 0 heterocycles. The Labute approximate surface area is 139 Å². The third-order valence-electron chi connectivity index (χ3n) is 3.92. The van der Waals surface area contributed by atoms with Crippen LogP contribution in [0.1, 0.15) is 52.1 Å². The van der Waals surface area contributed by atoms with Crippen molar-refractivity contribution in [2.45, 2.75) is 52.2 Å². The van der Waals surface area contributed by atoms with Gasteiger partial charge in [-0.15, -0.1) is 0 Å². The first-order valence-electron chi connectivity index (χ1n) is 7.97. The first-order valence-corrected chi connectivity index (χ1v) is 8.35. The van der Waals surface area contributed by atoms with Crippen LogP contribution in [0.15, 0.2) is 29.3 Å². The van der Waals surface area contributed by atoms with E-state index in [9.17, 15) is 5.11 Å². The Morgan fingerprint density at radius 3 is 2.45 bits per heavy atom. The average Bonchev–Trinajstić information content (AvgIpc) is 2.53. The van der Waals surface area contributed by atoms with Crippen molar-refractivity contribution in [3.8, 4) is 0 Å². The number of hydrogen-bond acceptors (Lipinski definition) is 2. The second kappa shape index (κ2) is 9.01. The summed E-state index contributed by atoms with van der Waals surface area (Å²) in [7, 11) is 0. The first-order chi connectivity index (χ1) is 10.5. The van der Waals surface area contributed by atoms with Crippen LogP contribution >= 0.6 is 11.6 Å². The van der Waals surface area contributed by atoms with Gasteiger partial charge < -0.3 is 15.7 Å². The van der Waals surface area contributed by atoms with Crippen LogP contribution < -0.4 is 10.6 Å². The molecule has 22 heavy (non-hydrogen) atoms. The molecule has 0 radical (unpaired) electrons. The minimum atomic E-state index is -0.740. The molecule has 0 amide bonds. The number of hydrogen-bond donors (Lipinski definition) is 3. The summed E-state index contributed by atoms with van der Waals surface area (Å²) in [5, 5.41) is 17.6. The molecule has 3 N–H and O–H groups in total. The molecule has 0 aliphatic heterocycles. The minimum absolute atomic E-state index is 0.0304. The monoisotopic (exact) mass is 325 g/mol. The molecule has 4 nitrogen and oxygen atoms in total. The molecule has 0 aromatic heterocycles. The molecule has 0 fully saturated rings. The Balaban J connectivity index is 2.81. The Kier molecular flexibility index (Phi) is 7.69. The summed E-state index contributed by atoms with van der Waals surface area (Å²) in [5.41, 5.74) is 0.284. The van der Waals surface area contributed by atoms with E-state index in [2.05, 4.69) is 15.6 Å². The van der Waals surface area contributed by atoms with Crippen LogP contribution in [0.3, 0.4) is 0 Å². The van der Waals surface area contributed by atoms with Gasteiger partial charge in [0.1, 0.15) is 0 Å². The second-order valence-corrected chi connectivity index (χ2v) is 5.92. The summed E-state index contributed by atoms with van der Waals surface area (Å²) in [6, 6.07) is 7.80. The molecular formula is C17H28ClN3O. The van der Waals surface area contributed by atoms with Crippen molar-refractivity contribution >= 4 is 17.6 Å². The molecule has 1 aromatic rings. The predicted molar refractivity (Wildman–Crippen MR) is 94.5 cm³/mol. The Bertz CT molecular complexity index is 487. The Hall–Kier alpha value is -1.26. The van der Waals surface area contributed by atoms with E-state index in [1.54, 1.807) is 0 Å². The van der Waals surface area contributed by atoms with Gasteiger partial charge >= 0.3 is 0 Å². The number of rotatable bonds is 7. The molecule has 0 aliphatic carbocycles. The van der Waals surface area contributed by atoms with Gasteiger partial charge in [0.15, 0.2) is 5.96 Å². The van der Waals surface area contributed by atoms with E-state index in [0.29, 0.717) is 25.3 Å². The summed E-state index contributed by atoms with van der Waals surface area (Å²) in [4.78, 5) is 4.52. The zero-order chi connectivity index (χ0) is 16.6. The molecule has 1 rings (SSSR count). The van der Waals surface area contributed by atoms with Crippen molar-refractivity contribution < 1.29 is 5.11 Å². The maximum atomic E-state index is 10.4. The Morgan fingerprint density at radius 2 is 1.91 bits per heavy atom. The van der Waals surface area contributed by atoms with Gasteiger partial charge in [0, 0.05) is 11.6 Å². The molecule has 0 aliphatic rings. The van der Waals surface area contributed by atoms with Crippen LogP contribution in [0.5, 0.6) is 0 Å². The topological polar surface area (TPSA) is 56.7 Å². The number of nitrogens with one attached hydrogen (secondary N) is 2. The molecule has 5 heteroatoms. The van der Waals surface area contributed by atoms with E-state index in [-0.39, 0.29) is 6.04 Å². The van der Waals surface area contributed by atoms with Crippen molar-refractivity contribution in [1.29, 1.82) is 0 Å². The molecule has 0 spiro atoms. The summed E-state index contributed by atoms with van der Waals surface area (Å²) >= 11 is 6.23. The van der Waals surface area contributed by atoms with E-state index in [0.717, 1.165) is 17.1 Å². The van der Waals surface area contributed by atoms with E-state index in [1.165, 1.54) is 0 Å². The summed E-state index contributed by atoms with van der Waals surface area (Å²) < 4.78 is 0. The lowest BCUT2D eigenvalue weighted by Crippen LogP contribution is -2.40. The van der Waals surface area contributed by atoms with Crippen molar-refractivity contribution in [2.75, 3.05) is 13.1 Å². The van der Waals surface area contributed by atoms with Gasteiger partial charge in [-0.25, -0.2) is 0 Å². The highest BCUT2D eigenvalue weighted by Crippen LogP contribution is 2.22. The fraction of sp³-hybridized carbons (Fsp3) is 0.588. The van der Waals surface area contributed by atoms with Gasteiger partial charge in [0.05, 0.1) is 18.2 Å².